The average Bonchev–Trinajstić information content (AvgIpc) is 2.54. The van der Waals surface area contributed by atoms with E-state index in [4.69, 9.17) is 9.52 Å². The van der Waals surface area contributed by atoms with Gasteiger partial charge in [0.25, 0.3) is 0 Å². The number of carbonyl (C=O) groups is 1. The lowest BCUT2D eigenvalue weighted by atomic mass is 9.77. The van der Waals surface area contributed by atoms with E-state index in [1.54, 1.807) is 19.1 Å². The first-order chi connectivity index (χ1) is 5.99. The summed E-state index contributed by atoms with van der Waals surface area (Å²) in [5.74, 6) is -0.344. The van der Waals surface area contributed by atoms with Crippen molar-refractivity contribution in [1.82, 2.24) is 0 Å². The zero-order chi connectivity index (χ0) is 10.1. The van der Waals surface area contributed by atoms with E-state index >= 15 is 0 Å². The molecule has 1 aromatic rings. The van der Waals surface area contributed by atoms with E-state index in [2.05, 4.69) is 0 Å². The van der Waals surface area contributed by atoms with E-state index in [0.29, 0.717) is 5.76 Å². The highest BCUT2D eigenvalue weighted by molar-refractivity contribution is 5.80. The molecule has 0 aliphatic rings. The lowest BCUT2D eigenvalue weighted by Gasteiger charge is -2.26. The van der Waals surface area contributed by atoms with E-state index < -0.39 is 11.4 Å². The summed E-state index contributed by atoms with van der Waals surface area (Å²) >= 11 is 0. The van der Waals surface area contributed by atoms with E-state index in [1.165, 1.54) is 6.26 Å². The summed E-state index contributed by atoms with van der Waals surface area (Å²) in [6, 6.07) is 3.41. The van der Waals surface area contributed by atoms with Crippen LogP contribution < -0.4 is 0 Å². The Morgan fingerprint density at radius 1 is 1.62 bits per heavy atom. The summed E-state index contributed by atoms with van der Waals surface area (Å²) in [6.07, 6.45) is 1.50. The predicted molar refractivity (Wildman–Crippen MR) is 48.5 cm³/mol. The average molecular weight is 182 g/mol. The number of carboxylic acids is 1. The lowest BCUT2D eigenvalue weighted by molar-refractivity contribution is -0.145. The van der Waals surface area contributed by atoms with Crippen molar-refractivity contribution >= 4 is 5.97 Å². The summed E-state index contributed by atoms with van der Waals surface area (Å²) in [5, 5.41) is 9.11. The zero-order valence-electron chi connectivity index (χ0n) is 8.07. The normalized spacial score (nSPS) is 15.7. The third-order valence-electron chi connectivity index (χ3n) is 2.63. The third-order valence-corrected chi connectivity index (χ3v) is 2.63. The lowest BCUT2D eigenvalue weighted by Crippen LogP contribution is -2.37. The van der Waals surface area contributed by atoms with E-state index in [1.807, 2.05) is 13.8 Å². The van der Waals surface area contributed by atoms with Crippen LogP contribution in [-0.2, 0) is 10.2 Å². The second-order valence-corrected chi connectivity index (χ2v) is 3.64. The molecule has 0 radical (unpaired) electrons. The highest BCUT2D eigenvalue weighted by Gasteiger charge is 2.41. The fourth-order valence-electron chi connectivity index (χ4n) is 1.21. The number of furan rings is 1. The molecular weight excluding hydrogens is 168 g/mol. The third kappa shape index (κ3) is 1.46. The Kier molecular flexibility index (Phi) is 2.45. The monoisotopic (exact) mass is 182 g/mol. The predicted octanol–water partition coefficient (Wildman–Crippen LogP) is 2.28. The molecule has 1 unspecified atom stereocenters. The molecule has 1 atom stereocenters. The van der Waals surface area contributed by atoms with E-state index in [9.17, 15) is 4.79 Å². The van der Waals surface area contributed by atoms with Crippen LogP contribution in [0.2, 0.25) is 0 Å². The van der Waals surface area contributed by atoms with Gasteiger partial charge in [-0.1, -0.05) is 13.8 Å². The van der Waals surface area contributed by atoms with Crippen LogP contribution in [0.4, 0.5) is 0 Å². The molecule has 3 heteroatoms. The number of carboxylic acid groups (broad SMARTS) is 1. The van der Waals surface area contributed by atoms with Gasteiger partial charge in [0, 0.05) is 0 Å². The second kappa shape index (κ2) is 3.24. The molecule has 1 rings (SSSR count). The van der Waals surface area contributed by atoms with Crippen LogP contribution in [0.1, 0.15) is 26.5 Å². The summed E-state index contributed by atoms with van der Waals surface area (Å²) in [4.78, 5) is 11.1. The highest BCUT2D eigenvalue weighted by Crippen LogP contribution is 2.32. The maximum atomic E-state index is 11.1. The summed E-state index contributed by atoms with van der Waals surface area (Å²) < 4.78 is 5.14. The number of hydrogen-bond acceptors (Lipinski definition) is 2. The van der Waals surface area contributed by atoms with Crippen molar-refractivity contribution in [3.63, 3.8) is 0 Å². The van der Waals surface area contributed by atoms with Gasteiger partial charge in [-0.2, -0.15) is 0 Å². The van der Waals surface area contributed by atoms with E-state index in [-0.39, 0.29) is 5.92 Å². The minimum Gasteiger partial charge on any atom is -0.480 e. The summed E-state index contributed by atoms with van der Waals surface area (Å²) in [7, 11) is 0. The van der Waals surface area contributed by atoms with Crippen molar-refractivity contribution in [3.8, 4) is 0 Å². The van der Waals surface area contributed by atoms with Crippen molar-refractivity contribution < 1.29 is 14.3 Å². The van der Waals surface area contributed by atoms with Crippen molar-refractivity contribution in [2.24, 2.45) is 5.92 Å². The zero-order valence-corrected chi connectivity index (χ0v) is 8.07. The molecule has 1 aromatic heterocycles. The fraction of sp³-hybridized carbons (Fsp3) is 0.500. The number of hydrogen-bond donors (Lipinski definition) is 1. The molecule has 0 aromatic carbocycles. The Morgan fingerprint density at radius 3 is 2.54 bits per heavy atom. The van der Waals surface area contributed by atoms with Gasteiger partial charge in [-0.05, 0) is 25.0 Å². The maximum absolute atomic E-state index is 11.1. The molecule has 1 N–H and O–H groups in total. The van der Waals surface area contributed by atoms with Crippen LogP contribution in [0.5, 0.6) is 0 Å². The first kappa shape index (κ1) is 9.84. The van der Waals surface area contributed by atoms with Crippen molar-refractivity contribution in [2.75, 3.05) is 0 Å². The van der Waals surface area contributed by atoms with Gasteiger partial charge >= 0.3 is 5.97 Å². The molecule has 0 aliphatic heterocycles. The molecule has 1 heterocycles. The molecule has 0 saturated carbocycles. The largest absolute Gasteiger partial charge is 0.480 e. The first-order valence-corrected chi connectivity index (χ1v) is 4.27. The Morgan fingerprint density at radius 2 is 2.23 bits per heavy atom. The van der Waals surface area contributed by atoms with Crippen molar-refractivity contribution in [2.45, 2.75) is 26.2 Å². The highest BCUT2D eigenvalue weighted by atomic mass is 16.4. The molecular formula is C10H14O3. The van der Waals surface area contributed by atoms with Gasteiger partial charge in [0.2, 0.25) is 0 Å². The van der Waals surface area contributed by atoms with Crippen molar-refractivity contribution in [1.29, 1.82) is 0 Å². The van der Waals surface area contributed by atoms with Gasteiger partial charge < -0.3 is 9.52 Å². The SMILES string of the molecule is CC(C)C(C)(C(=O)O)c1ccco1. The van der Waals surface area contributed by atoms with Crippen LogP contribution in [0.25, 0.3) is 0 Å². The van der Waals surface area contributed by atoms with Crippen LogP contribution in [0.3, 0.4) is 0 Å². The van der Waals surface area contributed by atoms with Gasteiger partial charge in [-0.15, -0.1) is 0 Å². The number of aliphatic carboxylic acids is 1. The molecule has 0 spiro atoms. The molecule has 72 valence electrons. The first-order valence-electron chi connectivity index (χ1n) is 4.27. The summed E-state index contributed by atoms with van der Waals surface area (Å²) in [5.41, 5.74) is -0.927. The van der Waals surface area contributed by atoms with Gasteiger partial charge in [-0.3, -0.25) is 4.79 Å². The van der Waals surface area contributed by atoms with Crippen molar-refractivity contribution in [3.05, 3.63) is 24.2 Å². The Bertz CT molecular complexity index is 287. The van der Waals surface area contributed by atoms with Crippen LogP contribution >= 0.6 is 0 Å². The Hall–Kier alpha value is -1.25. The maximum Gasteiger partial charge on any atom is 0.317 e. The van der Waals surface area contributed by atoms with Gasteiger partial charge in [0.15, 0.2) is 0 Å². The Labute approximate surface area is 77.4 Å². The molecule has 0 fully saturated rings. The van der Waals surface area contributed by atoms with Gasteiger partial charge in [-0.25, -0.2) is 0 Å². The smallest absolute Gasteiger partial charge is 0.317 e. The van der Waals surface area contributed by atoms with Crippen LogP contribution in [-0.4, -0.2) is 11.1 Å². The Balaban J connectivity index is 3.13. The van der Waals surface area contributed by atoms with Gasteiger partial charge in [0.1, 0.15) is 11.2 Å². The molecule has 3 nitrogen and oxygen atoms in total. The standard InChI is InChI=1S/C10H14O3/c1-7(2)10(3,9(11)12)8-5-4-6-13-8/h4-7H,1-3H3,(H,11,12). The second-order valence-electron chi connectivity index (χ2n) is 3.64. The fourth-order valence-corrected chi connectivity index (χ4v) is 1.21. The molecule has 0 aliphatic carbocycles. The molecule has 13 heavy (non-hydrogen) atoms. The van der Waals surface area contributed by atoms with Crippen LogP contribution in [0.15, 0.2) is 22.8 Å². The quantitative estimate of drug-likeness (QED) is 0.780. The van der Waals surface area contributed by atoms with Crippen LogP contribution in [0, 0.1) is 5.92 Å². The summed E-state index contributed by atoms with van der Waals surface area (Å²) in [6.45, 7) is 5.42. The van der Waals surface area contributed by atoms with Gasteiger partial charge in [0.05, 0.1) is 6.26 Å². The number of rotatable bonds is 3. The molecule has 0 amide bonds. The van der Waals surface area contributed by atoms with E-state index in [0.717, 1.165) is 0 Å². The minimum absolute atomic E-state index is 0.00356. The topological polar surface area (TPSA) is 50.4 Å². The molecule has 0 saturated heterocycles. The molecule has 0 bridgehead atoms. The minimum atomic E-state index is -0.927.